The number of carbonyl (C=O) groups excluding carboxylic acids is 1. The quantitative estimate of drug-likeness (QED) is 0.872. The minimum Gasteiger partial charge on any atom is -0.481 e. The Morgan fingerprint density at radius 2 is 1.24 bits per heavy atom. The number of amides is 1. The topological polar surface area (TPSA) is 66.4 Å². The van der Waals surface area contributed by atoms with Gasteiger partial charge in [-0.25, -0.2) is 0 Å². The van der Waals surface area contributed by atoms with Crippen molar-refractivity contribution in [2.45, 2.75) is 31.7 Å². The van der Waals surface area contributed by atoms with Gasteiger partial charge in [0.2, 0.25) is 5.91 Å². The van der Waals surface area contributed by atoms with E-state index in [0.29, 0.717) is 25.7 Å². The highest BCUT2D eigenvalue weighted by atomic mass is 16.4. The number of hydrogen-bond donors (Lipinski definition) is 2. The summed E-state index contributed by atoms with van der Waals surface area (Å²) in [5, 5.41) is 12.3. The van der Waals surface area contributed by atoms with Crippen molar-refractivity contribution in [1.29, 1.82) is 0 Å². The fourth-order valence-electron chi connectivity index (χ4n) is 3.51. The molecule has 0 heterocycles. The molecule has 3 rings (SSSR count). The van der Waals surface area contributed by atoms with Crippen LogP contribution in [0.5, 0.6) is 0 Å². The van der Waals surface area contributed by atoms with Crippen molar-refractivity contribution in [3.05, 3.63) is 71.8 Å². The van der Waals surface area contributed by atoms with Crippen LogP contribution in [0.2, 0.25) is 0 Å². The monoisotopic (exact) mass is 337 g/mol. The molecule has 0 spiro atoms. The summed E-state index contributed by atoms with van der Waals surface area (Å²) >= 11 is 0. The Labute approximate surface area is 147 Å². The van der Waals surface area contributed by atoms with Crippen molar-refractivity contribution in [3.8, 4) is 0 Å². The van der Waals surface area contributed by atoms with Gasteiger partial charge in [0.15, 0.2) is 0 Å². The molecule has 0 radical (unpaired) electrons. The highest BCUT2D eigenvalue weighted by Gasteiger charge is 2.31. The zero-order chi connectivity index (χ0) is 17.6. The van der Waals surface area contributed by atoms with E-state index in [9.17, 15) is 9.59 Å². The fraction of sp³-hybridized carbons (Fsp3) is 0.333. The minimum absolute atomic E-state index is 0.0153. The molecule has 0 aromatic heterocycles. The average Bonchev–Trinajstić information content (AvgIpc) is 2.67. The van der Waals surface area contributed by atoms with Gasteiger partial charge in [-0.15, -0.1) is 0 Å². The number of carboxylic acid groups (broad SMARTS) is 1. The molecule has 2 N–H and O–H groups in total. The van der Waals surface area contributed by atoms with Crippen molar-refractivity contribution in [3.63, 3.8) is 0 Å². The lowest BCUT2D eigenvalue weighted by Gasteiger charge is -2.28. The molecule has 4 heteroatoms. The maximum atomic E-state index is 12.8. The fourth-order valence-corrected chi connectivity index (χ4v) is 3.51. The van der Waals surface area contributed by atoms with Gasteiger partial charge >= 0.3 is 5.97 Å². The molecule has 1 aliphatic carbocycles. The molecule has 1 aliphatic rings. The molecule has 4 nitrogen and oxygen atoms in total. The van der Waals surface area contributed by atoms with Gasteiger partial charge in [0.25, 0.3) is 0 Å². The third-order valence-electron chi connectivity index (χ3n) is 5.00. The molecule has 0 atom stereocenters. The zero-order valence-corrected chi connectivity index (χ0v) is 14.1. The lowest BCUT2D eigenvalue weighted by molar-refractivity contribution is -0.144. The van der Waals surface area contributed by atoms with Gasteiger partial charge in [-0.1, -0.05) is 60.7 Å². The Morgan fingerprint density at radius 3 is 1.68 bits per heavy atom. The number of carbonyl (C=O) groups is 2. The molecule has 0 bridgehead atoms. The van der Waals surface area contributed by atoms with Crippen LogP contribution in [0.3, 0.4) is 0 Å². The van der Waals surface area contributed by atoms with Crippen molar-refractivity contribution in [2.75, 3.05) is 0 Å². The van der Waals surface area contributed by atoms with Crippen LogP contribution in [-0.4, -0.2) is 17.0 Å². The summed E-state index contributed by atoms with van der Waals surface area (Å²) in [6.07, 6.45) is 2.43. The van der Waals surface area contributed by atoms with Gasteiger partial charge in [-0.05, 0) is 36.8 Å². The maximum absolute atomic E-state index is 12.8. The molecule has 0 aliphatic heterocycles. The number of nitrogens with one attached hydrogen (secondary N) is 1. The minimum atomic E-state index is -0.745. The van der Waals surface area contributed by atoms with E-state index in [4.69, 9.17) is 5.11 Å². The van der Waals surface area contributed by atoms with Crippen LogP contribution in [0.25, 0.3) is 0 Å². The summed E-state index contributed by atoms with van der Waals surface area (Å²) in [5.41, 5.74) is 2.09. The summed E-state index contributed by atoms with van der Waals surface area (Å²) in [6.45, 7) is 0. The van der Waals surface area contributed by atoms with Gasteiger partial charge in [-0.2, -0.15) is 0 Å². The first-order valence-electron chi connectivity index (χ1n) is 8.78. The Morgan fingerprint density at radius 1 is 0.800 bits per heavy atom. The van der Waals surface area contributed by atoms with Gasteiger partial charge in [0.1, 0.15) is 0 Å². The smallest absolute Gasteiger partial charge is 0.306 e. The molecule has 1 fully saturated rings. The largest absolute Gasteiger partial charge is 0.481 e. The van der Waals surface area contributed by atoms with Crippen LogP contribution in [0.1, 0.15) is 42.9 Å². The van der Waals surface area contributed by atoms with Gasteiger partial charge in [0.05, 0.1) is 12.0 Å². The third-order valence-corrected chi connectivity index (χ3v) is 5.00. The first kappa shape index (κ1) is 17.2. The molecule has 2 aromatic carbocycles. The number of aliphatic carboxylic acids is 1. The Kier molecular flexibility index (Phi) is 5.49. The number of carboxylic acids is 1. The van der Waals surface area contributed by atoms with Crippen molar-refractivity contribution < 1.29 is 14.7 Å². The van der Waals surface area contributed by atoms with Crippen LogP contribution in [-0.2, 0) is 9.59 Å². The molecule has 1 amide bonds. The van der Waals surface area contributed by atoms with Crippen LogP contribution >= 0.6 is 0 Å². The van der Waals surface area contributed by atoms with Crippen molar-refractivity contribution in [1.82, 2.24) is 5.32 Å². The average molecular weight is 337 g/mol. The first-order valence-corrected chi connectivity index (χ1v) is 8.78. The van der Waals surface area contributed by atoms with Crippen LogP contribution in [0.15, 0.2) is 60.7 Å². The van der Waals surface area contributed by atoms with E-state index in [-0.39, 0.29) is 23.8 Å². The molecular weight excluding hydrogens is 314 g/mol. The van der Waals surface area contributed by atoms with Crippen molar-refractivity contribution in [2.24, 2.45) is 11.8 Å². The predicted octanol–water partition coefficient (Wildman–Crippen LogP) is 3.78. The molecule has 1 saturated carbocycles. The summed E-state index contributed by atoms with van der Waals surface area (Å²) in [5.74, 6) is -1.14. The molecule has 2 aromatic rings. The third kappa shape index (κ3) is 4.27. The summed E-state index contributed by atoms with van der Waals surface area (Å²) in [7, 11) is 0. The van der Waals surface area contributed by atoms with Crippen LogP contribution in [0, 0.1) is 11.8 Å². The SMILES string of the molecule is O=C(O)C1CCC(C(=O)NC(c2ccccc2)c2ccccc2)CC1. The summed E-state index contributed by atoms with van der Waals surface area (Å²) in [6, 6.07) is 19.7. The van der Waals surface area contributed by atoms with Crippen molar-refractivity contribution >= 4 is 11.9 Å². The highest BCUT2D eigenvalue weighted by Crippen LogP contribution is 2.30. The molecule has 0 saturated heterocycles. The maximum Gasteiger partial charge on any atom is 0.306 e. The second-order valence-corrected chi connectivity index (χ2v) is 6.65. The van der Waals surface area contributed by atoms with Gasteiger partial charge in [-0.3, -0.25) is 9.59 Å². The van der Waals surface area contributed by atoms with E-state index < -0.39 is 5.97 Å². The summed E-state index contributed by atoms with van der Waals surface area (Å²) in [4.78, 5) is 23.9. The van der Waals surface area contributed by atoms with E-state index in [2.05, 4.69) is 5.32 Å². The van der Waals surface area contributed by atoms with E-state index in [1.807, 2.05) is 60.7 Å². The standard InChI is InChI=1S/C21H23NO3/c23-20(17-11-13-18(14-12-17)21(24)25)22-19(15-7-3-1-4-8-15)16-9-5-2-6-10-16/h1-10,17-19H,11-14H2,(H,22,23)(H,24,25). The van der Waals surface area contributed by atoms with E-state index in [1.54, 1.807) is 0 Å². The molecule has 0 unspecified atom stereocenters. The van der Waals surface area contributed by atoms with Gasteiger partial charge in [0, 0.05) is 5.92 Å². The number of rotatable bonds is 5. The second kappa shape index (κ2) is 7.97. The highest BCUT2D eigenvalue weighted by molar-refractivity contribution is 5.80. The Balaban J connectivity index is 1.73. The number of benzene rings is 2. The number of hydrogen-bond acceptors (Lipinski definition) is 2. The molecule has 130 valence electrons. The predicted molar refractivity (Wildman–Crippen MR) is 96.0 cm³/mol. The normalized spacial score (nSPS) is 20.2. The van der Waals surface area contributed by atoms with Gasteiger partial charge < -0.3 is 10.4 Å². The molecule has 25 heavy (non-hydrogen) atoms. The van der Waals surface area contributed by atoms with Crippen LogP contribution < -0.4 is 5.32 Å². The van der Waals surface area contributed by atoms with E-state index in [1.165, 1.54) is 0 Å². The summed E-state index contributed by atoms with van der Waals surface area (Å²) < 4.78 is 0. The molecular formula is C21H23NO3. The lowest BCUT2D eigenvalue weighted by Crippen LogP contribution is -2.37. The first-order chi connectivity index (χ1) is 12.1. The Bertz CT molecular complexity index is 667. The Hall–Kier alpha value is -2.62. The second-order valence-electron chi connectivity index (χ2n) is 6.65. The zero-order valence-electron chi connectivity index (χ0n) is 14.1. The van der Waals surface area contributed by atoms with E-state index >= 15 is 0 Å². The van der Waals surface area contributed by atoms with E-state index in [0.717, 1.165) is 11.1 Å². The lowest BCUT2D eigenvalue weighted by atomic mass is 9.81. The van der Waals surface area contributed by atoms with Crippen LogP contribution in [0.4, 0.5) is 0 Å².